The first-order chi connectivity index (χ1) is 12.1. The largest absolute Gasteiger partial charge is 0.312 e. The third-order valence-corrected chi connectivity index (χ3v) is 5.57. The maximum Gasteiger partial charge on any atom is 0.227 e. The Hall–Kier alpha value is -2.13. The van der Waals surface area contributed by atoms with E-state index in [1.54, 1.807) is 0 Å². The number of hydrogen-bond donors (Lipinski definition) is 0. The second-order valence-electron chi connectivity index (χ2n) is 7.79. The van der Waals surface area contributed by atoms with E-state index in [9.17, 15) is 4.79 Å². The van der Waals surface area contributed by atoms with E-state index in [4.69, 9.17) is 0 Å². The van der Waals surface area contributed by atoms with Gasteiger partial charge in [-0.05, 0) is 44.0 Å². The summed E-state index contributed by atoms with van der Waals surface area (Å²) in [6.07, 6.45) is 3.03. The second kappa shape index (κ2) is 6.64. The van der Waals surface area contributed by atoms with Gasteiger partial charge in [-0.3, -0.25) is 4.79 Å². The Balaban J connectivity index is 1.26. The minimum Gasteiger partial charge on any atom is -0.312 e. The van der Waals surface area contributed by atoms with Crippen molar-refractivity contribution >= 4 is 11.6 Å². The number of carbonyl (C=O) groups is 1. The van der Waals surface area contributed by atoms with Crippen molar-refractivity contribution in [3.63, 3.8) is 0 Å². The highest BCUT2D eigenvalue weighted by Gasteiger charge is 2.51. The smallest absolute Gasteiger partial charge is 0.227 e. The number of para-hydroxylation sites is 1. The van der Waals surface area contributed by atoms with Gasteiger partial charge in [-0.25, -0.2) is 0 Å². The number of amides is 1. The van der Waals surface area contributed by atoms with E-state index in [1.807, 2.05) is 35.2 Å². The van der Waals surface area contributed by atoms with E-state index in [1.165, 1.54) is 17.5 Å². The van der Waals surface area contributed by atoms with Crippen molar-refractivity contribution in [3.05, 3.63) is 65.7 Å². The molecule has 2 aromatic rings. The van der Waals surface area contributed by atoms with Gasteiger partial charge in [0.25, 0.3) is 0 Å². The molecule has 3 heteroatoms. The van der Waals surface area contributed by atoms with Crippen LogP contribution < -0.4 is 4.90 Å². The first kappa shape index (κ1) is 16.3. The Morgan fingerprint density at radius 2 is 1.68 bits per heavy atom. The molecule has 25 heavy (non-hydrogen) atoms. The van der Waals surface area contributed by atoms with Gasteiger partial charge in [0.15, 0.2) is 0 Å². The number of anilines is 1. The molecule has 2 fully saturated rings. The topological polar surface area (TPSA) is 23.6 Å². The van der Waals surface area contributed by atoms with Crippen molar-refractivity contribution in [2.45, 2.75) is 26.2 Å². The van der Waals surface area contributed by atoms with Gasteiger partial charge in [0, 0.05) is 37.2 Å². The summed E-state index contributed by atoms with van der Waals surface area (Å²) in [7, 11) is 0. The first-order valence-electron chi connectivity index (χ1n) is 9.27. The van der Waals surface area contributed by atoms with Gasteiger partial charge in [0.1, 0.15) is 0 Å². The van der Waals surface area contributed by atoms with Crippen molar-refractivity contribution in [1.82, 2.24) is 4.90 Å². The van der Waals surface area contributed by atoms with Crippen molar-refractivity contribution in [2.24, 2.45) is 5.41 Å². The monoisotopic (exact) mass is 334 g/mol. The van der Waals surface area contributed by atoms with Gasteiger partial charge in [0.05, 0.1) is 0 Å². The van der Waals surface area contributed by atoms with E-state index in [0.29, 0.717) is 6.42 Å². The third kappa shape index (κ3) is 3.47. The summed E-state index contributed by atoms with van der Waals surface area (Å²) >= 11 is 0. The Labute approximate surface area is 150 Å². The minimum absolute atomic E-state index is 0.191. The lowest BCUT2D eigenvalue weighted by molar-refractivity contribution is -0.119. The Morgan fingerprint density at radius 1 is 0.960 bits per heavy atom. The summed E-state index contributed by atoms with van der Waals surface area (Å²) in [6.45, 7) is 6.27. The predicted octanol–water partition coefficient (Wildman–Crippen LogP) is 3.67. The molecule has 2 heterocycles. The number of nitrogens with zero attached hydrogens (tertiary/aromatic N) is 2. The molecule has 0 atom stereocenters. The molecule has 130 valence electrons. The van der Waals surface area contributed by atoms with Crippen LogP contribution in [0.15, 0.2) is 54.6 Å². The Kier molecular flexibility index (Phi) is 4.34. The van der Waals surface area contributed by atoms with Crippen LogP contribution in [0, 0.1) is 12.3 Å². The van der Waals surface area contributed by atoms with Gasteiger partial charge in [-0.1, -0.05) is 48.0 Å². The van der Waals surface area contributed by atoms with Gasteiger partial charge < -0.3 is 9.80 Å². The zero-order chi connectivity index (χ0) is 17.3. The summed E-state index contributed by atoms with van der Waals surface area (Å²) in [6, 6.07) is 18.9. The zero-order valence-corrected chi connectivity index (χ0v) is 14.9. The number of carbonyl (C=O) groups excluding carboxylic acids is 1. The SMILES string of the molecule is Cc1ccc(CCCN2CC3(CC(=O)N(c4ccccc4)C3)C2)cc1. The molecule has 1 spiro atoms. The summed E-state index contributed by atoms with van der Waals surface area (Å²) in [5.74, 6) is 0.283. The quantitative estimate of drug-likeness (QED) is 0.833. The maximum atomic E-state index is 12.4. The summed E-state index contributed by atoms with van der Waals surface area (Å²) < 4.78 is 0. The summed E-state index contributed by atoms with van der Waals surface area (Å²) in [4.78, 5) is 16.9. The lowest BCUT2D eigenvalue weighted by Gasteiger charge is -2.47. The van der Waals surface area contributed by atoms with Crippen molar-refractivity contribution < 1.29 is 4.79 Å². The Morgan fingerprint density at radius 3 is 2.40 bits per heavy atom. The van der Waals surface area contributed by atoms with Gasteiger partial charge in [-0.2, -0.15) is 0 Å². The van der Waals surface area contributed by atoms with Crippen molar-refractivity contribution in [1.29, 1.82) is 0 Å². The van der Waals surface area contributed by atoms with Crippen LogP contribution in [0.25, 0.3) is 0 Å². The summed E-state index contributed by atoms with van der Waals surface area (Å²) in [5, 5.41) is 0. The molecular weight excluding hydrogens is 308 g/mol. The molecule has 2 aliphatic rings. The van der Waals surface area contributed by atoms with Crippen LogP contribution in [0.3, 0.4) is 0 Å². The van der Waals surface area contributed by atoms with Gasteiger partial charge in [0.2, 0.25) is 5.91 Å². The molecule has 0 aromatic heterocycles. The molecule has 2 aliphatic heterocycles. The van der Waals surface area contributed by atoms with Crippen LogP contribution in [-0.2, 0) is 11.2 Å². The fraction of sp³-hybridized carbons (Fsp3) is 0.409. The fourth-order valence-corrected chi connectivity index (χ4v) is 4.27. The van der Waals surface area contributed by atoms with E-state index < -0.39 is 0 Å². The third-order valence-electron chi connectivity index (χ3n) is 5.57. The van der Waals surface area contributed by atoms with Crippen LogP contribution in [0.4, 0.5) is 5.69 Å². The molecule has 2 aromatic carbocycles. The van der Waals surface area contributed by atoms with Gasteiger partial charge >= 0.3 is 0 Å². The predicted molar refractivity (Wildman–Crippen MR) is 102 cm³/mol. The van der Waals surface area contributed by atoms with Crippen LogP contribution in [0.2, 0.25) is 0 Å². The van der Waals surface area contributed by atoms with E-state index in [-0.39, 0.29) is 11.3 Å². The van der Waals surface area contributed by atoms with E-state index in [0.717, 1.165) is 38.3 Å². The molecule has 0 aliphatic carbocycles. The average molecular weight is 334 g/mol. The van der Waals surface area contributed by atoms with Crippen LogP contribution in [0.5, 0.6) is 0 Å². The van der Waals surface area contributed by atoms with Crippen molar-refractivity contribution in [2.75, 3.05) is 31.1 Å². The minimum atomic E-state index is 0.191. The highest BCUT2D eigenvalue weighted by Crippen LogP contribution is 2.41. The van der Waals surface area contributed by atoms with Crippen LogP contribution in [-0.4, -0.2) is 37.0 Å². The lowest BCUT2D eigenvalue weighted by Crippen LogP contribution is -2.57. The maximum absolute atomic E-state index is 12.4. The highest BCUT2D eigenvalue weighted by atomic mass is 16.2. The van der Waals surface area contributed by atoms with Crippen LogP contribution in [0.1, 0.15) is 24.0 Å². The molecule has 4 rings (SSSR count). The van der Waals surface area contributed by atoms with Crippen molar-refractivity contribution in [3.8, 4) is 0 Å². The number of likely N-dealkylation sites (tertiary alicyclic amines) is 1. The highest BCUT2D eigenvalue weighted by molar-refractivity contribution is 5.96. The first-order valence-corrected chi connectivity index (χ1v) is 9.27. The summed E-state index contributed by atoms with van der Waals surface area (Å²) in [5.41, 5.74) is 3.98. The number of benzene rings is 2. The van der Waals surface area contributed by atoms with E-state index in [2.05, 4.69) is 36.1 Å². The molecule has 3 nitrogen and oxygen atoms in total. The molecule has 0 bridgehead atoms. The molecule has 0 N–H and O–H groups in total. The normalized spacial score (nSPS) is 19.4. The molecule has 2 saturated heterocycles. The average Bonchev–Trinajstić information content (AvgIpc) is 2.94. The molecular formula is C22H26N2O. The fourth-order valence-electron chi connectivity index (χ4n) is 4.27. The lowest BCUT2D eigenvalue weighted by atomic mass is 9.79. The molecule has 0 radical (unpaired) electrons. The van der Waals surface area contributed by atoms with E-state index >= 15 is 0 Å². The zero-order valence-electron chi connectivity index (χ0n) is 14.9. The number of hydrogen-bond acceptors (Lipinski definition) is 2. The van der Waals surface area contributed by atoms with Crippen LogP contribution >= 0.6 is 0 Å². The van der Waals surface area contributed by atoms with Gasteiger partial charge in [-0.15, -0.1) is 0 Å². The molecule has 1 amide bonds. The number of aryl methyl sites for hydroxylation is 2. The molecule has 0 unspecified atom stereocenters. The number of rotatable bonds is 5. The standard InChI is InChI=1S/C22H26N2O/c1-18-9-11-19(12-10-18)6-5-13-23-15-22(16-23)14-21(25)24(17-22)20-7-3-2-4-8-20/h2-4,7-12H,5-6,13-17H2,1H3. The second-order valence-corrected chi connectivity index (χ2v) is 7.79. The Bertz CT molecular complexity index is 732. The molecule has 0 saturated carbocycles.